The average Bonchev–Trinajstić information content (AvgIpc) is 2.39. The summed E-state index contributed by atoms with van der Waals surface area (Å²) in [5.41, 5.74) is 7.78. The van der Waals surface area contributed by atoms with E-state index in [0.29, 0.717) is 11.6 Å². The molecule has 0 saturated heterocycles. The Kier molecular flexibility index (Phi) is 4.86. The summed E-state index contributed by atoms with van der Waals surface area (Å²) in [5, 5.41) is 0.674. The van der Waals surface area contributed by atoms with Gasteiger partial charge in [-0.3, -0.25) is 0 Å². The Bertz CT molecular complexity index is 574. The molecule has 0 fully saturated rings. The van der Waals surface area contributed by atoms with Crippen LogP contribution in [-0.2, 0) is 0 Å². The van der Waals surface area contributed by atoms with Crippen LogP contribution in [-0.4, -0.2) is 6.54 Å². The van der Waals surface area contributed by atoms with Crippen LogP contribution in [0.5, 0.6) is 5.75 Å². The van der Waals surface area contributed by atoms with E-state index in [1.165, 1.54) is 0 Å². The van der Waals surface area contributed by atoms with Gasteiger partial charge in [0.15, 0.2) is 0 Å². The van der Waals surface area contributed by atoms with Crippen LogP contribution in [0.1, 0.15) is 17.2 Å². The minimum atomic E-state index is -0.242. The van der Waals surface area contributed by atoms with Crippen LogP contribution in [0.4, 0.5) is 0 Å². The van der Waals surface area contributed by atoms with Crippen LogP contribution in [0.2, 0.25) is 5.02 Å². The highest BCUT2D eigenvalue weighted by Crippen LogP contribution is 2.29. The maximum Gasteiger partial charge on any atom is 0.137 e. The molecular formula is C15H15BrClNO. The van der Waals surface area contributed by atoms with Gasteiger partial charge in [-0.1, -0.05) is 45.7 Å². The lowest BCUT2D eigenvalue weighted by molar-refractivity contribution is 0.213. The molecule has 0 radical (unpaired) electrons. The Morgan fingerprint density at radius 1 is 1.26 bits per heavy atom. The highest BCUT2D eigenvalue weighted by atomic mass is 79.9. The largest absolute Gasteiger partial charge is 0.484 e. The fourth-order valence-corrected chi connectivity index (χ4v) is 2.61. The highest BCUT2D eigenvalue weighted by molar-refractivity contribution is 9.10. The van der Waals surface area contributed by atoms with Crippen molar-refractivity contribution in [3.05, 3.63) is 63.1 Å². The molecule has 0 aromatic heterocycles. The summed E-state index contributed by atoms with van der Waals surface area (Å²) in [6.07, 6.45) is -0.242. The average molecular weight is 341 g/mol. The summed E-state index contributed by atoms with van der Waals surface area (Å²) >= 11 is 9.62. The monoisotopic (exact) mass is 339 g/mol. The van der Waals surface area contributed by atoms with E-state index >= 15 is 0 Å². The van der Waals surface area contributed by atoms with Crippen molar-refractivity contribution in [1.82, 2.24) is 0 Å². The molecule has 0 spiro atoms. The second-order valence-electron chi connectivity index (χ2n) is 4.27. The van der Waals surface area contributed by atoms with Gasteiger partial charge < -0.3 is 10.5 Å². The van der Waals surface area contributed by atoms with E-state index in [1.54, 1.807) is 0 Å². The molecule has 0 heterocycles. The molecule has 19 heavy (non-hydrogen) atoms. The number of ether oxygens (including phenoxy) is 1. The fourth-order valence-electron chi connectivity index (χ4n) is 1.87. The van der Waals surface area contributed by atoms with Crippen molar-refractivity contribution in [1.29, 1.82) is 0 Å². The van der Waals surface area contributed by atoms with Crippen LogP contribution in [0, 0.1) is 6.92 Å². The third-order valence-electron chi connectivity index (χ3n) is 2.87. The maximum absolute atomic E-state index is 6.19. The van der Waals surface area contributed by atoms with E-state index in [-0.39, 0.29) is 6.10 Å². The zero-order valence-corrected chi connectivity index (χ0v) is 12.9. The van der Waals surface area contributed by atoms with Crippen molar-refractivity contribution >= 4 is 27.5 Å². The number of benzene rings is 2. The van der Waals surface area contributed by atoms with E-state index in [9.17, 15) is 0 Å². The molecule has 2 nitrogen and oxygen atoms in total. The first-order valence-electron chi connectivity index (χ1n) is 5.99. The quantitative estimate of drug-likeness (QED) is 0.890. The van der Waals surface area contributed by atoms with Gasteiger partial charge in [0.2, 0.25) is 0 Å². The van der Waals surface area contributed by atoms with E-state index in [0.717, 1.165) is 21.3 Å². The van der Waals surface area contributed by atoms with Crippen LogP contribution in [0.15, 0.2) is 46.9 Å². The smallest absolute Gasteiger partial charge is 0.137 e. The Morgan fingerprint density at radius 3 is 2.63 bits per heavy atom. The number of rotatable bonds is 4. The van der Waals surface area contributed by atoms with Crippen molar-refractivity contribution < 1.29 is 4.74 Å². The van der Waals surface area contributed by atoms with Crippen LogP contribution in [0.25, 0.3) is 0 Å². The molecule has 100 valence electrons. The van der Waals surface area contributed by atoms with Crippen molar-refractivity contribution in [3.63, 3.8) is 0 Å². The Labute approximate surface area is 126 Å². The molecule has 2 aromatic carbocycles. The van der Waals surface area contributed by atoms with Gasteiger partial charge in [0.25, 0.3) is 0 Å². The van der Waals surface area contributed by atoms with Gasteiger partial charge in [-0.15, -0.1) is 0 Å². The van der Waals surface area contributed by atoms with E-state index in [2.05, 4.69) is 15.9 Å². The standard InChI is InChI=1S/C15H15BrClNO/c1-10-8-11(16)6-7-14(10)19-15(9-18)12-4-2-3-5-13(12)17/h2-8,15H,9,18H2,1H3. The van der Waals surface area contributed by atoms with Crippen LogP contribution >= 0.6 is 27.5 Å². The number of halogens is 2. The molecule has 0 aliphatic heterocycles. The summed E-state index contributed by atoms with van der Waals surface area (Å²) in [6, 6.07) is 13.5. The zero-order chi connectivity index (χ0) is 13.8. The predicted octanol–water partition coefficient (Wildman–Crippen LogP) is 4.49. The molecule has 1 unspecified atom stereocenters. The minimum Gasteiger partial charge on any atom is -0.484 e. The zero-order valence-electron chi connectivity index (χ0n) is 10.6. The van der Waals surface area contributed by atoms with E-state index in [1.807, 2.05) is 49.4 Å². The number of hydrogen-bond acceptors (Lipinski definition) is 2. The number of hydrogen-bond donors (Lipinski definition) is 1. The van der Waals surface area contributed by atoms with Crippen LogP contribution in [0.3, 0.4) is 0 Å². The lowest BCUT2D eigenvalue weighted by Gasteiger charge is -2.20. The van der Waals surface area contributed by atoms with Gasteiger partial charge in [-0.2, -0.15) is 0 Å². The van der Waals surface area contributed by atoms with Crippen LogP contribution < -0.4 is 10.5 Å². The second-order valence-corrected chi connectivity index (χ2v) is 5.60. The van der Waals surface area contributed by atoms with Gasteiger partial charge in [0, 0.05) is 21.6 Å². The molecule has 0 amide bonds. The lowest BCUT2D eigenvalue weighted by atomic mass is 10.1. The van der Waals surface area contributed by atoms with Gasteiger partial charge in [-0.25, -0.2) is 0 Å². The first-order chi connectivity index (χ1) is 9.11. The molecule has 0 aliphatic rings. The first-order valence-corrected chi connectivity index (χ1v) is 7.16. The van der Waals surface area contributed by atoms with Crippen molar-refractivity contribution in [2.24, 2.45) is 5.73 Å². The Morgan fingerprint density at radius 2 is 2.00 bits per heavy atom. The van der Waals surface area contributed by atoms with E-state index in [4.69, 9.17) is 22.1 Å². The maximum atomic E-state index is 6.19. The first kappa shape index (κ1) is 14.4. The summed E-state index contributed by atoms with van der Waals surface area (Å²) in [5.74, 6) is 0.818. The van der Waals surface area contributed by atoms with Gasteiger partial charge in [0.1, 0.15) is 11.9 Å². The molecule has 0 aliphatic carbocycles. The predicted molar refractivity (Wildman–Crippen MR) is 82.8 cm³/mol. The van der Waals surface area contributed by atoms with Crippen molar-refractivity contribution in [2.45, 2.75) is 13.0 Å². The third kappa shape index (κ3) is 3.50. The van der Waals surface area contributed by atoms with Crippen molar-refractivity contribution in [3.8, 4) is 5.75 Å². The number of aryl methyl sites for hydroxylation is 1. The Balaban J connectivity index is 2.27. The highest BCUT2D eigenvalue weighted by Gasteiger charge is 2.15. The minimum absolute atomic E-state index is 0.242. The SMILES string of the molecule is Cc1cc(Br)ccc1OC(CN)c1ccccc1Cl. The number of nitrogens with two attached hydrogens (primary N) is 1. The molecule has 0 saturated carbocycles. The summed E-state index contributed by atoms with van der Waals surface area (Å²) in [7, 11) is 0. The normalized spacial score (nSPS) is 12.2. The van der Waals surface area contributed by atoms with Gasteiger partial charge in [-0.05, 0) is 36.8 Å². The molecule has 1 atom stereocenters. The molecule has 2 N–H and O–H groups in total. The van der Waals surface area contributed by atoms with Crippen molar-refractivity contribution in [2.75, 3.05) is 6.54 Å². The molecule has 2 aromatic rings. The third-order valence-corrected chi connectivity index (χ3v) is 3.71. The van der Waals surface area contributed by atoms with Gasteiger partial charge in [0.05, 0.1) is 0 Å². The summed E-state index contributed by atoms with van der Waals surface area (Å²) in [4.78, 5) is 0. The van der Waals surface area contributed by atoms with Gasteiger partial charge >= 0.3 is 0 Å². The van der Waals surface area contributed by atoms with E-state index < -0.39 is 0 Å². The topological polar surface area (TPSA) is 35.2 Å². The molecular weight excluding hydrogens is 326 g/mol. The Hall–Kier alpha value is -1.03. The molecule has 2 rings (SSSR count). The fraction of sp³-hybridized carbons (Fsp3) is 0.200. The lowest BCUT2D eigenvalue weighted by Crippen LogP contribution is -2.19. The summed E-state index contributed by atoms with van der Waals surface area (Å²) in [6.45, 7) is 2.37. The molecule has 4 heteroatoms. The summed E-state index contributed by atoms with van der Waals surface area (Å²) < 4.78 is 7.01. The second kappa shape index (κ2) is 6.42. The molecule has 0 bridgehead atoms.